The molecule has 1 saturated heterocycles. The van der Waals surface area contributed by atoms with Crippen LogP contribution in [0.1, 0.15) is 57.4 Å². The van der Waals surface area contributed by atoms with E-state index in [0.717, 1.165) is 31.1 Å². The minimum Gasteiger partial charge on any atom is -0.381 e. The molecule has 0 bridgehead atoms. The highest BCUT2D eigenvalue weighted by Crippen LogP contribution is 2.32. The van der Waals surface area contributed by atoms with Crippen molar-refractivity contribution in [1.82, 2.24) is 4.90 Å². The van der Waals surface area contributed by atoms with E-state index in [2.05, 4.69) is 17.1 Å². The summed E-state index contributed by atoms with van der Waals surface area (Å²) in [6.07, 6.45) is 4.27. The smallest absolute Gasteiger partial charge is 0.381 e. The molecule has 140 valence electrons. The Balaban J connectivity index is 1.71. The van der Waals surface area contributed by atoms with Crippen LogP contribution in [0.25, 0.3) is 0 Å². The molecular formula is C20H29F3N2. The predicted molar refractivity (Wildman–Crippen MR) is 95.7 cm³/mol. The molecule has 25 heavy (non-hydrogen) atoms. The molecule has 5 heteroatoms. The van der Waals surface area contributed by atoms with Crippen LogP contribution in [0.3, 0.4) is 0 Å². The van der Waals surface area contributed by atoms with Crippen LogP contribution in [0.2, 0.25) is 0 Å². The van der Waals surface area contributed by atoms with Crippen molar-refractivity contribution in [2.75, 3.05) is 18.4 Å². The van der Waals surface area contributed by atoms with Gasteiger partial charge in [-0.2, -0.15) is 13.2 Å². The summed E-state index contributed by atoms with van der Waals surface area (Å²) in [4.78, 5) is 2.63. The zero-order valence-electron chi connectivity index (χ0n) is 15.0. The van der Waals surface area contributed by atoms with E-state index in [1.54, 1.807) is 12.1 Å². The minimum absolute atomic E-state index is 0.324. The molecule has 1 aliphatic carbocycles. The van der Waals surface area contributed by atoms with Crippen LogP contribution < -0.4 is 5.32 Å². The SMILES string of the molecule is CC1CCCN([C@@H]2CCCCC[C@H]2Nc2ccc(C(F)(F)F)cc2)C1. The second-order valence-electron chi connectivity index (χ2n) is 7.77. The van der Waals surface area contributed by atoms with E-state index in [9.17, 15) is 13.2 Å². The van der Waals surface area contributed by atoms with E-state index in [-0.39, 0.29) is 0 Å². The van der Waals surface area contributed by atoms with Gasteiger partial charge in [0.1, 0.15) is 0 Å². The lowest BCUT2D eigenvalue weighted by Gasteiger charge is -2.41. The predicted octanol–water partition coefficient (Wildman–Crippen LogP) is 5.55. The van der Waals surface area contributed by atoms with Crippen molar-refractivity contribution in [3.8, 4) is 0 Å². The number of piperidine rings is 1. The number of rotatable bonds is 3. The molecule has 2 fully saturated rings. The Morgan fingerprint density at radius 3 is 2.36 bits per heavy atom. The number of nitrogens with zero attached hydrogens (tertiary/aromatic N) is 1. The van der Waals surface area contributed by atoms with Gasteiger partial charge in [-0.1, -0.05) is 26.2 Å². The quantitative estimate of drug-likeness (QED) is 0.716. The van der Waals surface area contributed by atoms with Gasteiger partial charge in [-0.3, -0.25) is 4.90 Å². The molecule has 0 radical (unpaired) electrons. The topological polar surface area (TPSA) is 15.3 Å². The number of anilines is 1. The number of benzene rings is 1. The van der Waals surface area contributed by atoms with Crippen LogP contribution in [0.5, 0.6) is 0 Å². The summed E-state index contributed by atoms with van der Waals surface area (Å²) in [6, 6.07) is 6.32. The first kappa shape index (κ1) is 18.6. The maximum absolute atomic E-state index is 12.7. The van der Waals surface area contributed by atoms with Crippen LogP contribution in [0.4, 0.5) is 18.9 Å². The van der Waals surface area contributed by atoms with E-state index < -0.39 is 11.7 Å². The molecule has 1 N–H and O–H groups in total. The largest absolute Gasteiger partial charge is 0.416 e. The number of alkyl halides is 3. The van der Waals surface area contributed by atoms with Gasteiger partial charge in [-0.05, 0) is 62.4 Å². The van der Waals surface area contributed by atoms with E-state index in [1.165, 1.54) is 50.7 Å². The van der Waals surface area contributed by atoms with E-state index in [1.807, 2.05) is 0 Å². The molecule has 3 rings (SSSR count). The second-order valence-corrected chi connectivity index (χ2v) is 7.77. The van der Waals surface area contributed by atoms with Crippen molar-refractivity contribution in [2.24, 2.45) is 5.92 Å². The van der Waals surface area contributed by atoms with Crippen molar-refractivity contribution in [2.45, 2.75) is 70.1 Å². The Kier molecular flexibility index (Phi) is 5.92. The van der Waals surface area contributed by atoms with Gasteiger partial charge in [0.15, 0.2) is 0 Å². The summed E-state index contributed by atoms with van der Waals surface area (Å²) in [7, 11) is 0. The first-order valence-corrected chi connectivity index (χ1v) is 9.61. The summed E-state index contributed by atoms with van der Waals surface area (Å²) in [5.74, 6) is 0.740. The first-order valence-electron chi connectivity index (χ1n) is 9.61. The van der Waals surface area contributed by atoms with Crippen molar-refractivity contribution < 1.29 is 13.2 Å². The molecule has 0 aromatic heterocycles. The molecule has 3 atom stereocenters. The molecule has 2 aliphatic rings. The van der Waals surface area contributed by atoms with Gasteiger partial charge in [0.25, 0.3) is 0 Å². The fraction of sp³-hybridized carbons (Fsp3) is 0.700. The molecule has 1 saturated carbocycles. The highest BCUT2D eigenvalue weighted by Gasteiger charge is 2.32. The van der Waals surface area contributed by atoms with Gasteiger partial charge >= 0.3 is 6.18 Å². The molecule has 1 aromatic rings. The fourth-order valence-electron chi connectivity index (χ4n) is 4.39. The number of nitrogens with one attached hydrogen (secondary N) is 1. The summed E-state index contributed by atoms with van der Waals surface area (Å²) < 4.78 is 38.2. The van der Waals surface area contributed by atoms with Gasteiger partial charge in [0.05, 0.1) is 5.56 Å². The van der Waals surface area contributed by atoms with Gasteiger partial charge in [-0.15, -0.1) is 0 Å². The summed E-state index contributed by atoms with van der Waals surface area (Å²) in [5.41, 5.74) is 0.218. The number of hydrogen-bond donors (Lipinski definition) is 1. The molecule has 1 aliphatic heterocycles. The van der Waals surface area contributed by atoms with Crippen molar-refractivity contribution in [3.63, 3.8) is 0 Å². The number of hydrogen-bond acceptors (Lipinski definition) is 2. The van der Waals surface area contributed by atoms with E-state index in [0.29, 0.717) is 12.1 Å². The lowest BCUT2D eigenvalue weighted by molar-refractivity contribution is -0.137. The summed E-state index contributed by atoms with van der Waals surface area (Å²) in [5, 5.41) is 3.55. The van der Waals surface area contributed by atoms with E-state index in [4.69, 9.17) is 0 Å². The molecule has 1 heterocycles. The van der Waals surface area contributed by atoms with Gasteiger partial charge in [-0.25, -0.2) is 0 Å². The van der Waals surface area contributed by atoms with Gasteiger partial charge < -0.3 is 5.32 Å². The third kappa shape index (κ3) is 4.90. The molecule has 0 spiro atoms. The Hall–Kier alpha value is -1.23. The molecule has 1 aromatic carbocycles. The molecule has 0 amide bonds. The Morgan fingerprint density at radius 1 is 0.960 bits per heavy atom. The van der Waals surface area contributed by atoms with Crippen LogP contribution in [-0.2, 0) is 6.18 Å². The number of halogens is 3. The van der Waals surface area contributed by atoms with Crippen molar-refractivity contribution >= 4 is 5.69 Å². The highest BCUT2D eigenvalue weighted by atomic mass is 19.4. The highest BCUT2D eigenvalue weighted by molar-refractivity contribution is 5.46. The molecular weight excluding hydrogens is 325 g/mol. The molecule has 1 unspecified atom stereocenters. The standard InChI is InChI=1S/C20H29F3N2/c1-15-6-5-13-25(14-15)19-8-4-2-3-7-18(19)24-17-11-9-16(10-12-17)20(21,22)23/h9-12,15,18-19,24H,2-8,13-14H2,1H3/t15?,18-,19-/m1/s1. The van der Waals surface area contributed by atoms with E-state index >= 15 is 0 Å². The van der Waals surface area contributed by atoms with Crippen LogP contribution in [0.15, 0.2) is 24.3 Å². The molecule has 2 nitrogen and oxygen atoms in total. The lowest BCUT2D eigenvalue weighted by atomic mass is 9.94. The zero-order valence-corrected chi connectivity index (χ0v) is 15.0. The minimum atomic E-state index is -4.27. The van der Waals surface area contributed by atoms with Crippen molar-refractivity contribution in [3.05, 3.63) is 29.8 Å². The monoisotopic (exact) mass is 354 g/mol. The first-order chi connectivity index (χ1) is 11.9. The fourth-order valence-corrected chi connectivity index (χ4v) is 4.39. The Bertz CT molecular complexity index is 541. The average Bonchev–Trinajstić information content (AvgIpc) is 2.80. The van der Waals surface area contributed by atoms with Gasteiger partial charge in [0.2, 0.25) is 0 Å². The third-order valence-electron chi connectivity index (χ3n) is 5.70. The van der Waals surface area contributed by atoms with Crippen molar-refractivity contribution in [1.29, 1.82) is 0 Å². The maximum atomic E-state index is 12.7. The Morgan fingerprint density at radius 2 is 1.68 bits per heavy atom. The normalized spacial score (nSPS) is 29.2. The second kappa shape index (κ2) is 7.98. The zero-order chi connectivity index (χ0) is 17.9. The summed E-state index contributed by atoms with van der Waals surface area (Å²) in [6.45, 7) is 4.62. The third-order valence-corrected chi connectivity index (χ3v) is 5.70. The van der Waals surface area contributed by atoms with Crippen LogP contribution >= 0.6 is 0 Å². The average molecular weight is 354 g/mol. The summed E-state index contributed by atoms with van der Waals surface area (Å²) >= 11 is 0. The van der Waals surface area contributed by atoms with Crippen LogP contribution in [-0.4, -0.2) is 30.1 Å². The number of likely N-dealkylation sites (tertiary alicyclic amines) is 1. The maximum Gasteiger partial charge on any atom is 0.416 e. The van der Waals surface area contributed by atoms with Crippen LogP contribution in [0, 0.1) is 5.92 Å². The Labute approximate surface area is 148 Å². The van der Waals surface area contributed by atoms with Gasteiger partial charge in [0, 0.05) is 24.3 Å². The lowest BCUT2D eigenvalue weighted by Crippen LogP contribution is -2.50.